The smallest absolute Gasteiger partial charge is 0.261 e. The van der Waals surface area contributed by atoms with Crippen molar-refractivity contribution in [2.75, 3.05) is 18.1 Å². The molecule has 4 nitrogen and oxygen atoms in total. The molecule has 1 atom stereocenters. The van der Waals surface area contributed by atoms with Gasteiger partial charge in [0.05, 0.1) is 16.4 Å². The van der Waals surface area contributed by atoms with E-state index in [1.54, 1.807) is 11.3 Å². The van der Waals surface area contributed by atoms with Gasteiger partial charge in [-0.2, -0.15) is 0 Å². The Morgan fingerprint density at radius 2 is 2.19 bits per heavy atom. The van der Waals surface area contributed by atoms with Crippen LogP contribution in [0.2, 0.25) is 0 Å². The Kier molecular flexibility index (Phi) is 5.43. The van der Waals surface area contributed by atoms with Crippen molar-refractivity contribution in [3.63, 3.8) is 0 Å². The van der Waals surface area contributed by atoms with Gasteiger partial charge in [-0.15, -0.1) is 11.3 Å². The molecule has 1 aliphatic heterocycles. The van der Waals surface area contributed by atoms with E-state index in [0.717, 1.165) is 24.1 Å². The molecule has 1 aromatic rings. The highest BCUT2D eigenvalue weighted by molar-refractivity contribution is 7.91. The monoisotopic (exact) mass is 329 g/mol. The van der Waals surface area contributed by atoms with Crippen molar-refractivity contribution < 1.29 is 13.2 Å². The van der Waals surface area contributed by atoms with Gasteiger partial charge in [0, 0.05) is 11.4 Å². The Labute approximate surface area is 130 Å². The predicted octanol–water partition coefficient (Wildman–Crippen LogP) is 2.43. The number of hydrogen-bond donors (Lipinski definition) is 1. The first-order valence-corrected chi connectivity index (χ1v) is 10.2. The summed E-state index contributed by atoms with van der Waals surface area (Å²) in [5.41, 5.74) is 1.26. The second-order valence-corrected chi connectivity index (χ2v) is 9.01. The van der Waals surface area contributed by atoms with Crippen molar-refractivity contribution in [1.29, 1.82) is 0 Å². The molecule has 118 valence electrons. The first-order chi connectivity index (χ1) is 9.95. The maximum absolute atomic E-state index is 12.2. The average Bonchev–Trinajstić information content (AvgIpc) is 3.00. The van der Waals surface area contributed by atoms with Gasteiger partial charge < -0.3 is 5.32 Å². The highest BCUT2D eigenvalue weighted by Crippen LogP contribution is 2.25. The number of sulfone groups is 1. The van der Waals surface area contributed by atoms with Crippen LogP contribution in [0.3, 0.4) is 0 Å². The summed E-state index contributed by atoms with van der Waals surface area (Å²) in [6.07, 6.45) is 3.70. The summed E-state index contributed by atoms with van der Waals surface area (Å²) < 4.78 is 22.8. The molecule has 21 heavy (non-hydrogen) atoms. The zero-order valence-corrected chi connectivity index (χ0v) is 14.3. The summed E-state index contributed by atoms with van der Waals surface area (Å²) in [4.78, 5) is 14.2. The van der Waals surface area contributed by atoms with E-state index in [2.05, 4.69) is 19.2 Å². The Hall–Kier alpha value is -0.880. The van der Waals surface area contributed by atoms with Crippen LogP contribution < -0.4 is 5.32 Å². The number of rotatable bonds is 6. The van der Waals surface area contributed by atoms with Crippen molar-refractivity contribution in [3.05, 3.63) is 21.4 Å². The van der Waals surface area contributed by atoms with E-state index in [-0.39, 0.29) is 23.3 Å². The van der Waals surface area contributed by atoms with Crippen LogP contribution in [-0.2, 0) is 22.7 Å². The van der Waals surface area contributed by atoms with Crippen molar-refractivity contribution in [2.45, 2.75) is 39.5 Å². The van der Waals surface area contributed by atoms with Gasteiger partial charge in [-0.25, -0.2) is 8.42 Å². The molecule has 0 saturated carbocycles. The number of aryl methyl sites for hydroxylation is 2. The second kappa shape index (κ2) is 6.92. The molecule has 1 aliphatic rings. The molecule has 1 N–H and O–H groups in total. The summed E-state index contributed by atoms with van der Waals surface area (Å²) in [5, 5.41) is 2.89. The third-order valence-electron chi connectivity index (χ3n) is 3.86. The van der Waals surface area contributed by atoms with Gasteiger partial charge in [0.1, 0.15) is 0 Å². The quantitative estimate of drug-likeness (QED) is 0.872. The van der Waals surface area contributed by atoms with Crippen LogP contribution in [0.4, 0.5) is 0 Å². The standard InChI is InChI=1S/C15H23NO3S2/c1-3-5-13-12(4-2)8-14(20-13)15(17)16-9-11-6-7-21(18,19)10-11/h8,11H,3-7,9-10H2,1-2H3,(H,16,17). The van der Waals surface area contributed by atoms with Gasteiger partial charge in [0.25, 0.3) is 5.91 Å². The zero-order chi connectivity index (χ0) is 15.5. The molecular formula is C15H23NO3S2. The van der Waals surface area contributed by atoms with Gasteiger partial charge >= 0.3 is 0 Å². The van der Waals surface area contributed by atoms with E-state index in [1.807, 2.05) is 6.07 Å². The summed E-state index contributed by atoms with van der Waals surface area (Å²) in [6.45, 7) is 4.70. The minimum atomic E-state index is -2.87. The lowest BCUT2D eigenvalue weighted by atomic mass is 10.1. The van der Waals surface area contributed by atoms with E-state index in [1.165, 1.54) is 10.4 Å². The summed E-state index contributed by atoms with van der Waals surface area (Å²) in [5.74, 6) is 0.465. The minimum Gasteiger partial charge on any atom is -0.351 e. The zero-order valence-electron chi connectivity index (χ0n) is 12.6. The molecule has 1 aromatic heterocycles. The lowest BCUT2D eigenvalue weighted by molar-refractivity contribution is 0.0952. The fraction of sp³-hybridized carbons (Fsp3) is 0.667. The molecule has 1 fully saturated rings. The molecule has 0 aliphatic carbocycles. The summed E-state index contributed by atoms with van der Waals surface area (Å²) in [7, 11) is -2.87. The highest BCUT2D eigenvalue weighted by Gasteiger charge is 2.28. The molecule has 0 bridgehead atoms. The maximum atomic E-state index is 12.2. The largest absolute Gasteiger partial charge is 0.351 e. The Bertz CT molecular complexity index is 604. The van der Waals surface area contributed by atoms with Crippen LogP contribution in [0.25, 0.3) is 0 Å². The van der Waals surface area contributed by atoms with Gasteiger partial charge in [-0.05, 0) is 36.8 Å². The van der Waals surface area contributed by atoms with Crippen LogP contribution in [0.5, 0.6) is 0 Å². The minimum absolute atomic E-state index is 0.0682. The number of nitrogens with one attached hydrogen (secondary N) is 1. The van der Waals surface area contributed by atoms with E-state index in [4.69, 9.17) is 0 Å². The van der Waals surface area contributed by atoms with Gasteiger partial charge in [0.15, 0.2) is 9.84 Å². The van der Waals surface area contributed by atoms with E-state index < -0.39 is 9.84 Å². The van der Waals surface area contributed by atoms with Crippen LogP contribution in [0.1, 0.15) is 46.8 Å². The maximum Gasteiger partial charge on any atom is 0.261 e. The molecule has 0 radical (unpaired) electrons. The van der Waals surface area contributed by atoms with Gasteiger partial charge in [0.2, 0.25) is 0 Å². The van der Waals surface area contributed by atoms with E-state index >= 15 is 0 Å². The molecule has 0 aromatic carbocycles. The normalized spacial score (nSPS) is 20.6. The second-order valence-electron chi connectivity index (χ2n) is 5.64. The number of carbonyl (C=O) groups excluding carboxylic acids is 1. The van der Waals surface area contributed by atoms with Crippen LogP contribution in [0, 0.1) is 5.92 Å². The van der Waals surface area contributed by atoms with Crippen molar-refractivity contribution in [2.24, 2.45) is 5.92 Å². The number of carbonyl (C=O) groups is 1. The molecule has 1 saturated heterocycles. The number of amides is 1. The lowest BCUT2D eigenvalue weighted by Crippen LogP contribution is -2.29. The Morgan fingerprint density at radius 1 is 1.43 bits per heavy atom. The molecule has 1 amide bonds. The molecule has 6 heteroatoms. The molecule has 0 spiro atoms. The van der Waals surface area contributed by atoms with Crippen LogP contribution in [-0.4, -0.2) is 32.4 Å². The van der Waals surface area contributed by atoms with Crippen molar-refractivity contribution in [1.82, 2.24) is 5.32 Å². The lowest BCUT2D eigenvalue weighted by Gasteiger charge is -2.08. The Morgan fingerprint density at radius 3 is 2.76 bits per heavy atom. The van der Waals surface area contributed by atoms with Gasteiger partial charge in [-0.1, -0.05) is 20.3 Å². The Balaban J connectivity index is 1.94. The SMILES string of the molecule is CCCc1sc(C(=O)NCC2CCS(=O)(=O)C2)cc1CC. The van der Waals surface area contributed by atoms with Crippen LogP contribution in [0.15, 0.2) is 6.07 Å². The third kappa shape index (κ3) is 4.30. The third-order valence-corrected chi connectivity index (χ3v) is 6.93. The fourth-order valence-corrected chi connectivity index (χ4v) is 5.81. The predicted molar refractivity (Wildman–Crippen MR) is 86.8 cm³/mol. The fourth-order valence-electron chi connectivity index (χ4n) is 2.67. The van der Waals surface area contributed by atoms with Gasteiger partial charge in [-0.3, -0.25) is 4.79 Å². The van der Waals surface area contributed by atoms with E-state index in [0.29, 0.717) is 13.0 Å². The summed E-state index contributed by atoms with van der Waals surface area (Å²) in [6, 6.07) is 1.98. The summed E-state index contributed by atoms with van der Waals surface area (Å²) >= 11 is 1.57. The van der Waals surface area contributed by atoms with Crippen molar-refractivity contribution >= 4 is 27.1 Å². The molecule has 2 rings (SSSR count). The van der Waals surface area contributed by atoms with Crippen molar-refractivity contribution in [3.8, 4) is 0 Å². The number of hydrogen-bond acceptors (Lipinski definition) is 4. The first kappa shape index (κ1) is 16.5. The molecule has 1 unspecified atom stereocenters. The first-order valence-electron chi connectivity index (χ1n) is 7.55. The topological polar surface area (TPSA) is 63.2 Å². The molecular weight excluding hydrogens is 306 g/mol. The molecule has 2 heterocycles. The average molecular weight is 329 g/mol. The van der Waals surface area contributed by atoms with E-state index in [9.17, 15) is 13.2 Å². The highest BCUT2D eigenvalue weighted by atomic mass is 32.2. The van der Waals surface area contributed by atoms with Crippen LogP contribution >= 0.6 is 11.3 Å². The number of thiophene rings is 1.